The molecular formula is C10H11ClN2S. The molecule has 1 rings (SSSR count). The number of hydrogen-bond donors (Lipinski definition) is 2. The van der Waals surface area contributed by atoms with Gasteiger partial charge in [-0.05, 0) is 29.9 Å². The van der Waals surface area contributed by atoms with Crippen molar-refractivity contribution in [3.8, 4) is 0 Å². The number of alkyl halides is 1. The SMILES string of the molecule is NC(=S)Nc1ccc(C=CCCl)cc1. The monoisotopic (exact) mass is 226 g/mol. The Morgan fingerprint density at radius 3 is 2.57 bits per heavy atom. The van der Waals surface area contributed by atoms with Crippen LogP contribution in [0.3, 0.4) is 0 Å². The Morgan fingerprint density at radius 2 is 2.07 bits per heavy atom. The predicted octanol–water partition coefficient (Wildman–Crippen LogP) is 2.59. The van der Waals surface area contributed by atoms with E-state index in [1.165, 1.54) is 0 Å². The van der Waals surface area contributed by atoms with Crippen LogP contribution in [0, 0.1) is 0 Å². The molecule has 0 bridgehead atoms. The normalized spacial score (nSPS) is 10.4. The third kappa shape index (κ3) is 3.77. The fraction of sp³-hybridized carbons (Fsp3) is 0.100. The maximum absolute atomic E-state index is 5.52. The number of anilines is 1. The number of halogens is 1. The van der Waals surface area contributed by atoms with Crippen LogP contribution in [0.15, 0.2) is 30.3 Å². The highest BCUT2D eigenvalue weighted by atomic mass is 35.5. The molecule has 2 nitrogen and oxygen atoms in total. The lowest BCUT2D eigenvalue weighted by Gasteiger charge is -2.03. The molecule has 0 radical (unpaired) electrons. The molecule has 0 aliphatic rings. The van der Waals surface area contributed by atoms with Crippen molar-refractivity contribution in [3.63, 3.8) is 0 Å². The Hall–Kier alpha value is -1.06. The molecule has 0 heterocycles. The van der Waals surface area contributed by atoms with Crippen LogP contribution in [-0.4, -0.2) is 11.0 Å². The third-order valence-corrected chi connectivity index (χ3v) is 1.86. The first-order valence-electron chi connectivity index (χ1n) is 4.11. The summed E-state index contributed by atoms with van der Waals surface area (Å²) in [5, 5.41) is 3.12. The number of allylic oxidation sites excluding steroid dienone is 1. The second-order valence-electron chi connectivity index (χ2n) is 2.67. The minimum Gasteiger partial charge on any atom is -0.376 e. The van der Waals surface area contributed by atoms with Gasteiger partial charge < -0.3 is 11.1 Å². The minimum absolute atomic E-state index is 0.272. The average Bonchev–Trinajstić information content (AvgIpc) is 2.16. The first kappa shape index (κ1) is 11.0. The van der Waals surface area contributed by atoms with E-state index in [1.807, 2.05) is 36.4 Å². The van der Waals surface area contributed by atoms with Crippen molar-refractivity contribution >= 4 is 40.7 Å². The molecule has 0 unspecified atom stereocenters. The predicted molar refractivity (Wildman–Crippen MR) is 66.6 cm³/mol. The largest absolute Gasteiger partial charge is 0.376 e. The molecule has 3 N–H and O–H groups in total. The van der Waals surface area contributed by atoms with Crippen LogP contribution in [0.4, 0.5) is 5.69 Å². The Kier molecular flexibility index (Phi) is 4.43. The van der Waals surface area contributed by atoms with Gasteiger partial charge in [-0.3, -0.25) is 0 Å². The van der Waals surface area contributed by atoms with Gasteiger partial charge in [0.25, 0.3) is 0 Å². The summed E-state index contributed by atoms with van der Waals surface area (Å²) in [4.78, 5) is 0. The Labute approximate surface area is 93.8 Å². The quantitative estimate of drug-likeness (QED) is 0.615. The van der Waals surface area contributed by atoms with Crippen LogP contribution in [0.5, 0.6) is 0 Å². The topological polar surface area (TPSA) is 38.0 Å². The van der Waals surface area contributed by atoms with E-state index >= 15 is 0 Å². The zero-order chi connectivity index (χ0) is 10.4. The van der Waals surface area contributed by atoms with Crippen molar-refractivity contribution in [2.24, 2.45) is 5.73 Å². The highest BCUT2D eigenvalue weighted by Gasteiger charge is 1.92. The van der Waals surface area contributed by atoms with Crippen LogP contribution >= 0.6 is 23.8 Å². The summed E-state index contributed by atoms with van der Waals surface area (Å²) in [5.41, 5.74) is 7.32. The van der Waals surface area contributed by atoms with Gasteiger partial charge in [-0.2, -0.15) is 0 Å². The average molecular weight is 227 g/mol. The van der Waals surface area contributed by atoms with E-state index in [1.54, 1.807) is 0 Å². The van der Waals surface area contributed by atoms with Crippen molar-refractivity contribution in [2.45, 2.75) is 0 Å². The van der Waals surface area contributed by atoms with Gasteiger partial charge in [0.2, 0.25) is 0 Å². The summed E-state index contributed by atoms with van der Waals surface area (Å²) in [6.45, 7) is 0. The van der Waals surface area contributed by atoms with E-state index in [4.69, 9.17) is 29.6 Å². The molecule has 4 heteroatoms. The van der Waals surface area contributed by atoms with Crippen LogP contribution < -0.4 is 11.1 Å². The highest BCUT2D eigenvalue weighted by molar-refractivity contribution is 7.80. The summed E-state index contributed by atoms with van der Waals surface area (Å²) in [7, 11) is 0. The second-order valence-corrected chi connectivity index (χ2v) is 3.42. The van der Waals surface area contributed by atoms with Gasteiger partial charge in [0.1, 0.15) is 0 Å². The maximum Gasteiger partial charge on any atom is 0.168 e. The number of thiocarbonyl (C=S) groups is 1. The van der Waals surface area contributed by atoms with Gasteiger partial charge >= 0.3 is 0 Å². The Bertz CT molecular complexity index is 332. The molecule has 0 spiro atoms. The molecule has 14 heavy (non-hydrogen) atoms. The molecule has 0 aromatic heterocycles. The second kappa shape index (κ2) is 5.62. The summed E-state index contributed by atoms with van der Waals surface area (Å²) < 4.78 is 0. The van der Waals surface area contributed by atoms with E-state index in [0.29, 0.717) is 5.88 Å². The van der Waals surface area contributed by atoms with E-state index in [0.717, 1.165) is 11.3 Å². The smallest absolute Gasteiger partial charge is 0.168 e. The first-order chi connectivity index (χ1) is 6.72. The van der Waals surface area contributed by atoms with Gasteiger partial charge in [0.15, 0.2) is 5.11 Å². The fourth-order valence-corrected chi connectivity index (χ4v) is 1.21. The first-order valence-corrected chi connectivity index (χ1v) is 5.05. The number of benzene rings is 1. The van der Waals surface area contributed by atoms with Crippen molar-refractivity contribution in [2.75, 3.05) is 11.2 Å². The summed E-state index contributed by atoms with van der Waals surface area (Å²) in [6, 6.07) is 7.74. The molecular weight excluding hydrogens is 216 g/mol. The molecule has 0 aliphatic carbocycles. The van der Waals surface area contributed by atoms with Crippen molar-refractivity contribution in [1.82, 2.24) is 0 Å². The zero-order valence-electron chi connectivity index (χ0n) is 7.53. The van der Waals surface area contributed by atoms with Gasteiger partial charge in [0, 0.05) is 11.6 Å². The molecule has 0 saturated carbocycles. The number of nitrogens with two attached hydrogens (primary N) is 1. The van der Waals surface area contributed by atoms with Gasteiger partial charge in [-0.1, -0.05) is 24.3 Å². The lowest BCUT2D eigenvalue weighted by Crippen LogP contribution is -2.18. The lowest BCUT2D eigenvalue weighted by molar-refractivity contribution is 1.58. The van der Waals surface area contributed by atoms with Crippen molar-refractivity contribution in [3.05, 3.63) is 35.9 Å². The third-order valence-electron chi connectivity index (χ3n) is 1.58. The molecule has 0 fully saturated rings. The van der Waals surface area contributed by atoms with Gasteiger partial charge in [-0.15, -0.1) is 11.6 Å². The lowest BCUT2D eigenvalue weighted by atomic mass is 10.2. The summed E-state index contributed by atoms with van der Waals surface area (Å²) in [6.07, 6.45) is 3.84. The van der Waals surface area contributed by atoms with E-state index < -0.39 is 0 Å². The van der Waals surface area contributed by atoms with Crippen LogP contribution in [0.2, 0.25) is 0 Å². The van der Waals surface area contributed by atoms with Gasteiger partial charge in [-0.25, -0.2) is 0 Å². The van der Waals surface area contributed by atoms with Crippen molar-refractivity contribution < 1.29 is 0 Å². The van der Waals surface area contributed by atoms with Crippen LogP contribution in [-0.2, 0) is 0 Å². The number of nitrogens with one attached hydrogen (secondary N) is 1. The molecule has 0 aliphatic heterocycles. The van der Waals surface area contributed by atoms with E-state index in [9.17, 15) is 0 Å². The molecule has 1 aromatic rings. The molecule has 0 amide bonds. The Balaban J connectivity index is 2.68. The van der Waals surface area contributed by atoms with Gasteiger partial charge in [0.05, 0.1) is 0 Å². The summed E-state index contributed by atoms with van der Waals surface area (Å²) >= 11 is 10.2. The zero-order valence-corrected chi connectivity index (χ0v) is 9.11. The van der Waals surface area contributed by atoms with Crippen molar-refractivity contribution in [1.29, 1.82) is 0 Å². The van der Waals surface area contributed by atoms with Crippen LogP contribution in [0.25, 0.3) is 6.08 Å². The minimum atomic E-state index is 0.272. The summed E-state index contributed by atoms with van der Waals surface area (Å²) in [5.74, 6) is 0.521. The molecule has 0 saturated heterocycles. The highest BCUT2D eigenvalue weighted by Crippen LogP contribution is 2.10. The number of rotatable bonds is 3. The maximum atomic E-state index is 5.52. The van der Waals surface area contributed by atoms with E-state index in [2.05, 4.69) is 5.32 Å². The van der Waals surface area contributed by atoms with Crippen LogP contribution in [0.1, 0.15) is 5.56 Å². The molecule has 74 valence electrons. The Morgan fingerprint density at radius 1 is 1.43 bits per heavy atom. The molecule has 1 aromatic carbocycles. The standard InChI is InChI=1S/C10H11ClN2S/c11-7-1-2-8-3-5-9(6-4-8)13-10(12)14/h1-6H,7H2,(H3,12,13,14). The van der Waals surface area contributed by atoms with E-state index in [-0.39, 0.29) is 5.11 Å². The molecule has 0 atom stereocenters. The number of hydrogen-bond acceptors (Lipinski definition) is 1. The fourth-order valence-electron chi connectivity index (χ4n) is 1.00.